The van der Waals surface area contributed by atoms with Gasteiger partial charge in [0.15, 0.2) is 12.1 Å². The van der Waals surface area contributed by atoms with Crippen LogP contribution in [0.4, 0.5) is 0 Å². The normalized spacial score (nSPS) is 29.1. The summed E-state index contributed by atoms with van der Waals surface area (Å²) >= 11 is 0. The highest BCUT2D eigenvalue weighted by Crippen LogP contribution is 2.40. The minimum absolute atomic E-state index is 0.389. The molecule has 2 aliphatic heterocycles. The third-order valence-corrected chi connectivity index (χ3v) is 7.51. The van der Waals surface area contributed by atoms with Gasteiger partial charge in [-0.15, -0.1) is 5.54 Å². The fourth-order valence-electron chi connectivity index (χ4n) is 3.49. The molecule has 8 heteroatoms. The van der Waals surface area contributed by atoms with Crippen molar-refractivity contribution in [2.75, 3.05) is 0 Å². The molecular formula is C24H37NO5SSi. The van der Waals surface area contributed by atoms with Gasteiger partial charge in [0.1, 0.15) is 32.4 Å². The van der Waals surface area contributed by atoms with Gasteiger partial charge in [-0.05, 0) is 40.2 Å². The molecule has 2 fully saturated rings. The molecule has 0 amide bonds. The van der Waals surface area contributed by atoms with Crippen molar-refractivity contribution in [3.63, 3.8) is 0 Å². The molecule has 1 aromatic carbocycles. The summed E-state index contributed by atoms with van der Waals surface area (Å²) in [5.74, 6) is 2.58. The first-order valence-corrected chi connectivity index (χ1v) is 15.8. The molecule has 32 heavy (non-hydrogen) atoms. The Balaban J connectivity index is 1.88. The van der Waals surface area contributed by atoms with E-state index in [1.54, 1.807) is 0 Å². The molecule has 3 rings (SSSR count). The van der Waals surface area contributed by atoms with Crippen LogP contribution in [0.2, 0.25) is 19.6 Å². The first-order valence-electron chi connectivity index (χ1n) is 11.1. The number of hydrogen-bond donors (Lipinski definition) is 1. The second kappa shape index (κ2) is 9.67. The van der Waals surface area contributed by atoms with Gasteiger partial charge in [0, 0.05) is 0 Å². The molecule has 2 saturated heterocycles. The Morgan fingerprint density at radius 2 is 1.84 bits per heavy atom. The van der Waals surface area contributed by atoms with E-state index >= 15 is 0 Å². The zero-order valence-electron chi connectivity index (χ0n) is 20.4. The first kappa shape index (κ1) is 25.6. The Morgan fingerprint density at radius 3 is 2.44 bits per heavy atom. The summed E-state index contributed by atoms with van der Waals surface area (Å²) in [6, 6.07) is 9.51. The fraction of sp³-hybridized carbons (Fsp3) is 0.667. The van der Waals surface area contributed by atoms with Gasteiger partial charge in [-0.1, -0.05) is 55.9 Å². The van der Waals surface area contributed by atoms with Crippen LogP contribution in [-0.2, 0) is 36.5 Å². The summed E-state index contributed by atoms with van der Waals surface area (Å²) in [5, 5.41) is 0. The van der Waals surface area contributed by atoms with Gasteiger partial charge in [0.25, 0.3) is 0 Å². The maximum absolute atomic E-state index is 13.0. The van der Waals surface area contributed by atoms with Gasteiger partial charge in [-0.3, -0.25) is 0 Å². The van der Waals surface area contributed by atoms with Gasteiger partial charge >= 0.3 is 0 Å². The van der Waals surface area contributed by atoms with Crippen LogP contribution in [-0.4, -0.2) is 53.5 Å². The van der Waals surface area contributed by atoms with Crippen LogP contribution in [0.25, 0.3) is 0 Å². The lowest BCUT2D eigenvalue weighted by atomic mass is 10.0. The molecule has 1 N–H and O–H groups in total. The van der Waals surface area contributed by atoms with Gasteiger partial charge in [-0.25, -0.2) is 8.93 Å². The zero-order chi connectivity index (χ0) is 23.7. The number of hydrogen-bond acceptors (Lipinski definition) is 5. The average Bonchev–Trinajstić information content (AvgIpc) is 3.14. The van der Waals surface area contributed by atoms with Crippen molar-refractivity contribution in [1.82, 2.24) is 4.72 Å². The van der Waals surface area contributed by atoms with E-state index in [2.05, 4.69) is 35.8 Å². The van der Waals surface area contributed by atoms with Gasteiger partial charge in [0.2, 0.25) is 0 Å². The van der Waals surface area contributed by atoms with Crippen LogP contribution in [0.1, 0.15) is 40.2 Å². The van der Waals surface area contributed by atoms with Crippen molar-refractivity contribution in [2.45, 2.75) is 102 Å². The lowest BCUT2D eigenvalue weighted by Gasteiger charge is -2.30. The fourth-order valence-corrected chi connectivity index (χ4v) is 4.86. The summed E-state index contributed by atoms with van der Waals surface area (Å²) < 4.78 is 40.6. The maximum atomic E-state index is 13.0. The summed E-state index contributed by atoms with van der Waals surface area (Å²) in [7, 11) is -2.99. The lowest BCUT2D eigenvalue weighted by Crippen LogP contribution is -2.51. The molecule has 178 valence electrons. The monoisotopic (exact) mass is 479 g/mol. The number of nitrogens with one attached hydrogen (secondary N) is 1. The van der Waals surface area contributed by atoms with Crippen LogP contribution in [0.3, 0.4) is 0 Å². The number of benzene rings is 1. The minimum Gasteiger partial charge on any atom is -0.368 e. The lowest BCUT2D eigenvalue weighted by molar-refractivity contribution is -0.220. The molecule has 2 aliphatic rings. The summed E-state index contributed by atoms with van der Waals surface area (Å²) in [6.45, 7) is 16.5. The third-order valence-electron chi connectivity index (χ3n) is 5.03. The molecular weight excluding hydrogens is 442 g/mol. The van der Waals surface area contributed by atoms with Gasteiger partial charge < -0.3 is 18.9 Å². The zero-order valence-corrected chi connectivity index (χ0v) is 22.2. The first-order chi connectivity index (χ1) is 14.8. The van der Waals surface area contributed by atoms with E-state index in [0.29, 0.717) is 6.61 Å². The van der Waals surface area contributed by atoms with E-state index in [9.17, 15) is 4.21 Å². The standard InChI is InChI=1S/C24H37NO5SSi/c1-23(2,3)31(26)25-18(14-15-32(6,7)8)19-20(27-16-17-12-10-9-11-13-17)21-22(28-19)30-24(4,5)29-21/h9-13,18-22,25H,16H2,1-8H3/t18-,19-,20+,21-,22-,31?/m1/s1. The number of rotatable bonds is 6. The Hall–Kier alpha value is -1.05. The molecule has 6 atom stereocenters. The van der Waals surface area contributed by atoms with Crippen LogP contribution in [0, 0.1) is 11.5 Å². The Bertz CT molecular complexity index is 868. The Labute approximate surface area is 196 Å². The minimum atomic E-state index is -1.67. The van der Waals surface area contributed by atoms with E-state index in [4.69, 9.17) is 18.9 Å². The molecule has 6 nitrogen and oxygen atoms in total. The van der Waals surface area contributed by atoms with Crippen LogP contribution in [0.15, 0.2) is 30.3 Å². The van der Waals surface area contributed by atoms with Crippen molar-refractivity contribution in [1.29, 1.82) is 0 Å². The number of fused-ring (bicyclic) bond motifs is 1. The summed E-state index contributed by atoms with van der Waals surface area (Å²) in [4.78, 5) is 0. The predicted molar refractivity (Wildman–Crippen MR) is 130 cm³/mol. The summed E-state index contributed by atoms with van der Waals surface area (Å²) in [6.07, 6.45) is -1.86. The molecule has 1 aromatic rings. The van der Waals surface area contributed by atoms with E-state index < -0.39 is 54.1 Å². The van der Waals surface area contributed by atoms with Crippen molar-refractivity contribution in [2.24, 2.45) is 0 Å². The van der Waals surface area contributed by atoms with Crippen molar-refractivity contribution >= 4 is 19.1 Å². The molecule has 0 radical (unpaired) electrons. The van der Waals surface area contributed by atoms with E-state index in [1.807, 2.05) is 65.0 Å². The third kappa shape index (κ3) is 6.73. The van der Waals surface area contributed by atoms with Crippen LogP contribution >= 0.6 is 0 Å². The van der Waals surface area contributed by atoms with Crippen LogP contribution in [0.5, 0.6) is 0 Å². The Kier molecular flexibility index (Phi) is 7.72. The van der Waals surface area contributed by atoms with Gasteiger partial charge in [0.05, 0.1) is 22.3 Å². The van der Waals surface area contributed by atoms with Gasteiger partial charge in [-0.2, -0.15) is 0 Å². The quantitative estimate of drug-likeness (QED) is 0.497. The predicted octanol–water partition coefficient (Wildman–Crippen LogP) is 3.75. The van der Waals surface area contributed by atoms with E-state index in [0.717, 1.165) is 5.56 Å². The molecule has 0 bridgehead atoms. The molecule has 2 heterocycles. The molecule has 1 unspecified atom stereocenters. The highest BCUT2D eigenvalue weighted by atomic mass is 32.2. The topological polar surface area (TPSA) is 66.0 Å². The molecule has 0 saturated carbocycles. The SMILES string of the molecule is CC1(C)O[C@H]2O[C@H]([C@@H](C#C[Si](C)(C)C)NS(=O)C(C)(C)C)[C@H](OCc3ccccc3)[C@H]2O1. The Morgan fingerprint density at radius 1 is 1.19 bits per heavy atom. The second-order valence-electron chi connectivity index (χ2n) is 10.8. The van der Waals surface area contributed by atoms with E-state index in [1.165, 1.54) is 0 Å². The second-order valence-corrected chi connectivity index (χ2v) is 17.6. The van der Waals surface area contributed by atoms with Crippen LogP contribution < -0.4 is 4.72 Å². The molecule has 0 aromatic heterocycles. The van der Waals surface area contributed by atoms with E-state index in [-0.39, 0.29) is 6.10 Å². The largest absolute Gasteiger partial charge is 0.368 e. The summed E-state index contributed by atoms with van der Waals surface area (Å²) in [5.41, 5.74) is 4.47. The molecule has 0 aliphatic carbocycles. The van der Waals surface area contributed by atoms with Crippen molar-refractivity contribution < 1.29 is 23.2 Å². The maximum Gasteiger partial charge on any atom is 0.190 e. The highest BCUT2D eigenvalue weighted by molar-refractivity contribution is 7.84. The highest BCUT2D eigenvalue weighted by Gasteiger charge is 2.57. The van der Waals surface area contributed by atoms with Crippen molar-refractivity contribution in [3.8, 4) is 11.5 Å². The smallest absolute Gasteiger partial charge is 0.190 e. The number of ether oxygens (including phenoxy) is 4. The average molecular weight is 480 g/mol. The van der Waals surface area contributed by atoms with Crippen molar-refractivity contribution in [3.05, 3.63) is 35.9 Å². The molecule has 0 spiro atoms.